The van der Waals surface area contributed by atoms with Crippen LogP contribution in [-0.2, 0) is 0 Å². The van der Waals surface area contributed by atoms with E-state index < -0.39 is 0 Å². The van der Waals surface area contributed by atoms with Crippen LogP contribution in [0, 0.1) is 0 Å². The molecule has 0 aromatic heterocycles. The van der Waals surface area contributed by atoms with Gasteiger partial charge in [0.25, 0.3) is 0 Å². The molecule has 3 rings (SSSR count). The molecule has 3 atom stereocenters. The van der Waals surface area contributed by atoms with E-state index in [2.05, 4.69) is 16.7 Å². The van der Waals surface area contributed by atoms with Crippen molar-refractivity contribution in [3.63, 3.8) is 0 Å². The van der Waals surface area contributed by atoms with Crippen LogP contribution in [0.3, 0.4) is 0 Å². The molecule has 0 amide bonds. The van der Waals surface area contributed by atoms with Crippen molar-refractivity contribution >= 4 is 0 Å². The molecule has 0 unspecified atom stereocenters. The Bertz CT molecular complexity index is 253. The highest BCUT2D eigenvalue weighted by Crippen LogP contribution is 2.38. The summed E-state index contributed by atoms with van der Waals surface area (Å²) in [6, 6.07) is 1.87. The molecule has 17 heavy (non-hydrogen) atoms. The summed E-state index contributed by atoms with van der Waals surface area (Å²) in [6.07, 6.45) is 13.9. The summed E-state index contributed by atoms with van der Waals surface area (Å²) >= 11 is 0. The number of hydrogen-bond acceptors (Lipinski definition) is 2. The second kappa shape index (κ2) is 5.27. The summed E-state index contributed by atoms with van der Waals surface area (Å²) in [6.45, 7) is 5.08. The van der Waals surface area contributed by atoms with E-state index in [1.54, 1.807) is 0 Å². The topological polar surface area (TPSA) is 6.48 Å². The van der Waals surface area contributed by atoms with Crippen LogP contribution in [0.2, 0.25) is 0 Å². The Labute approximate surface area is 106 Å². The predicted octanol–water partition coefficient (Wildman–Crippen LogP) is 3.23. The van der Waals surface area contributed by atoms with Crippen LogP contribution in [0.15, 0.2) is 0 Å². The summed E-state index contributed by atoms with van der Waals surface area (Å²) in [5, 5.41) is 0. The van der Waals surface area contributed by atoms with Gasteiger partial charge in [0.05, 0.1) is 6.17 Å². The predicted molar refractivity (Wildman–Crippen MR) is 72.0 cm³/mol. The third kappa shape index (κ3) is 2.26. The van der Waals surface area contributed by atoms with E-state index in [1.165, 1.54) is 70.9 Å². The fourth-order valence-electron chi connectivity index (χ4n) is 4.42. The summed E-state index contributed by atoms with van der Waals surface area (Å²) in [4.78, 5) is 5.70. The van der Waals surface area contributed by atoms with Gasteiger partial charge in [0.15, 0.2) is 0 Å². The molecule has 3 saturated heterocycles. The van der Waals surface area contributed by atoms with E-state index in [1.807, 2.05) is 0 Å². The molecule has 2 nitrogen and oxygen atoms in total. The summed E-state index contributed by atoms with van der Waals surface area (Å²) < 4.78 is 0. The van der Waals surface area contributed by atoms with Crippen LogP contribution in [0.1, 0.15) is 64.7 Å². The molecule has 3 aliphatic heterocycles. The average molecular weight is 236 g/mol. The van der Waals surface area contributed by atoms with Gasteiger partial charge in [-0.25, -0.2) is 0 Å². The van der Waals surface area contributed by atoms with Crippen LogP contribution in [0.25, 0.3) is 0 Å². The molecule has 0 radical (unpaired) electrons. The molecule has 0 aromatic carbocycles. The monoisotopic (exact) mass is 236 g/mol. The maximum Gasteiger partial charge on any atom is 0.0627 e. The van der Waals surface area contributed by atoms with Crippen LogP contribution in [-0.4, -0.2) is 41.1 Å². The normalized spacial score (nSPS) is 38.3. The Hall–Kier alpha value is -0.0800. The van der Waals surface area contributed by atoms with Gasteiger partial charge in [-0.05, 0) is 45.1 Å². The third-order valence-corrected chi connectivity index (χ3v) is 5.22. The van der Waals surface area contributed by atoms with Crippen molar-refractivity contribution < 1.29 is 0 Å². The van der Waals surface area contributed by atoms with E-state index in [0.29, 0.717) is 0 Å². The van der Waals surface area contributed by atoms with Gasteiger partial charge in [0.1, 0.15) is 0 Å². The lowest BCUT2D eigenvalue weighted by molar-refractivity contribution is -0.0256. The lowest BCUT2D eigenvalue weighted by atomic mass is 9.95. The van der Waals surface area contributed by atoms with E-state index >= 15 is 0 Å². The molecule has 3 aliphatic rings. The number of hydrogen-bond donors (Lipinski definition) is 0. The quantitative estimate of drug-likeness (QED) is 0.692. The minimum absolute atomic E-state index is 0.836. The smallest absolute Gasteiger partial charge is 0.0627 e. The van der Waals surface area contributed by atoms with E-state index in [4.69, 9.17) is 0 Å². The Morgan fingerprint density at radius 2 is 1.82 bits per heavy atom. The zero-order valence-electron chi connectivity index (χ0n) is 11.4. The van der Waals surface area contributed by atoms with Crippen molar-refractivity contribution in [2.75, 3.05) is 13.1 Å². The van der Waals surface area contributed by atoms with Crippen molar-refractivity contribution in [2.45, 2.75) is 83.0 Å². The first kappa shape index (κ1) is 12.0. The molecular formula is C15H28N2. The van der Waals surface area contributed by atoms with Gasteiger partial charge in [0.2, 0.25) is 0 Å². The fraction of sp³-hybridized carbons (Fsp3) is 1.00. The summed E-state index contributed by atoms with van der Waals surface area (Å²) in [5.74, 6) is 0. The molecule has 3 fully saturated rings. The Morgan fingerprint density at radius 1 is 1.00 bits per heavy atom. The first-order valence-corrected chi connectivity index (χ1v) is 7.91. The summed E-state index contributed by atoms with van der Waals surface area (Å²) in [7, 11) is 0. The van der Waals surface area contributed by atoms with Crippen molar-refractivity contribution in [1.29, 1.82) is 0 Å². The molecule has 0 bridgehead atoms. The highest BCUT2D eigenvalue weighted by Gasteiger charge is 2.44. The third-order valence-electron chi connectivity index (χ3n) is 5.22. The highest BCUT2D eigenvalue weighted by molar-refractivity contribution is 4.97. The lowest BCUT2D eigenvalue weighted by Gasteiger charge is -2.47. The van der Waals surface area contributed by atoms with Crippen molar-refractivity contribution in [3.8, 4) is 0 Å². The average Bonchev–Trinajstić information content (AvgIpc) is 2.96. The minimum atomic E-state index is 0.836. The highest BCUT2D eigenvalue weighted by atomic mass is 15.4. The number of nitrogens with zero attached hydrogens (tertiary/aromatic N) is 2. The van der Waals surface area contributed by atoms with E-state index in [9.17, 15) is 0 Å². The van der Waals surface area contributed by atoms with Crippen molar-refractivity contribution in [1.82, 2.24) is 9.80 Å². The molecule has 98 valence electrons. The van der Waals surface area contributed by atoms with Gasteiger partial charge in [-0.2, -0.15) is 0 Å². The molecule has 0 saturated carbocycles. The standard InChI is InChI=1S/C15H28N2/c1-2-3-4-7-13-12-14-8-5-10-16(14)15-9-6-11-17(13)15/h13-15H,2-12H2,1H3/t13-,14-,15-/m1/s1. The second-order valence-corrected chi connectivity index (χ2v) is 6.28. The molecule has 0 N–H and O–H groups in total. The van der Waals surface area contributed by atoms with Crippen LogP contribution in [0.5, 0.6) is 0 Å². The lowest BCUT2D eigenvalue weighted by Crippen LogP contribution is -2.57. The minimum Gasteiger partial charge on any atom is -0.285 e. The number of fused-ring (bicyclic) bond motifs is 3. The van der Waals surface area contributed by atoms with Crippen LogP contribution < -0.4 is 0 Å². The van der Waals surface area contributed by atoms with Gasteiger partial charge >= 0.3 is 0 Å². The van der Waals surface area contributed by atoms with Crippen LogP contribution in [0.4, 0.5) is 0 Å². The van der Waals surface area contributed by atoms with Crippen molar-refractivity contribution in [2.24, 2.45) is 0 Å². The first-order chi connectivity index (χ1) is 8.40. The number of rotatable bonds is 4. The van der Waals surface area contributed by atoms with Crippen molar-refractivity contribution in [3.05, 3.63) is 0 Å². The van der Waals surface area contributed by atoms with E-state index in [-0.39, 0.29) is 0 Å². The van der Waals surface area contributed by atoms with Gasteiger partial charge in [-0.15, -0.1) is 0 Å². The number of unbranched alkanes of at least 4 members (excludes halogenated alkanes) is 2. The zero-order valence-corrected chi connectivity index (χ0v) is 11.4. The van der Waals surface area contributed by atoms with Crippen LogP contribution >= 0.6 is 0 Å². The Morgan fingerprint density at radius 3 is 2.71 bits per heavy atom. The SMILES string of the molecule is CCCCC[C@@H]1C[C@H]2CCCN2[C@H]2CCCN12. The molecule has 2 heteroatoms. The van der Waals surface area contributed by atoms with Gasteiger partial charge < -0.3 is 0 Å². The maximum atomic E-state index is 2.86. The molecule has 0 aromatic rings. The second-order valence-electron chi connectivity index (χ2n) is 6.28. The van der Waals surface area contributed by atoms with Gasteiger partial charge in [0, 0.05) is 18.6 Å². The zero-order chi connectivity index (χ0) is 11.7. The fourth-order valence-corrected chi connectivity index (χ4v) is 4.42. The van der Waals surface area contributed by atoms with Gasteiger partial charge in [-0.3, -0.25) is 9.80 Å². The molecular weight excluding hydrogens is 208 g/mol. The molecule has 3 heterocycles. The maximum absolute atomic E-state index is 2.86. The largest absolute Gasteiger partial charge is 0.285 e. The van der Waals surface area contributed by atoms with Gasteiger partial charge in [-0.1, -0.05) is 26.2 Å². The Kier molecular flexibility index (Phi) is 3.72. The first-order valence-electron chi connectivity index (χ1n) is 7.91. The Balaban J connectivity index is 1.63. The van der Waals surface area contributed by atoms with E-state index in [0.717, 1.165) is 18.2 Å². The summed E-state index contributed by atoms with van der Waals surface area (Å²) in [5.41, 5.74) is 0. The molecule has 0 aliphatic carbocycles. The molecule has 0 spiro atoms.